The van der Waals surface area contributed by atoms with Crippen molar-refractivity contribution in [3.05, 3.63) is 17.0 Å². The molecule has 1 unspecified atom stereocenters. The standard InChI is InChI=1S/C17H32N4O.HI/c1-12(2)8-6-9-13(3)20-17(18)19-11-7-10-16-14(4)21-22-15(16)5;/h12-13H,6-11H2,1-5H3,(H3,18,19,20);1H. The van der Waals surface area contributed by atoms with E-state index in [0.717, 1.165) is 43.2 Å². The first-order valence-electron chi connectivity index (χ1n) is 8.38. The van der Waals surface area contributed by atoms with Crippen LogP contribution in [-0.2, 0) is 6.42 Å². The molecule has 0 aromatic carbocycles. The second-order valence-electron chi connectivity index (χ2n) is 6.54. The van der Waals surface area contributed by atoms with Crippen LogP contribution in [0.4, 0.5) is 0 Å². The van der Waals surface area contributed by atoms with E-state index in [1.165, 1.54) is 18.4 Å². The highest BCUT2D eigenvalue weighted by Crippen LogP contribution is 2.14. The fraction of sp³-hybridized carbons (Fsp3) is 0.765. The number of halogens is 1. The number of rotatable bonds is 9. The van der Waals surface area contributed by atoms with Gasteiger partial charge in [-0.25, -0.2) is 0 Å². The lowest BCUT2D eigenvalue weighted by atomic mass is 10.0. The molecule has 0 aliphatic carbocycles. The molecule has 5 nitrogen and oxygen atoms in total. The quantitative estimate of drug-likeness (QED) is 0.266. The molecular weight excluding hydrogens is 403 g/mol. The summed E-state index contributed by atoms with van der Waals surface area (Å²) in [4.78, 5) is 4.40. The Morgan fingerprint density at radius 3 is 2.48 bits per heavy atom. The van der Waals surface area contributed by atoms with Crippen LogP contribution in [-0.4, -0.2) is 23.7 Å². The summed E-state index contributed by atoms with van der Waals surface area (Å²) in [5.74, 6) is 2.23. The van der Waals surface area contributed by atoms with Gasteiger partial charge < -0.3 is 15.6 Å². The van der Waals surface area contributed by atoms with Gasteiger partial charge in [0.2, 0.25) is 0 Å². The predicted molar refractivity (Wildman–Crippen MR) is 107 cm³/mol. The molecule has 1 aromatic heterocycles. The number of hydrogen-bond acceptors (Lipinski definition) is 3. The second-order valence-corrected chi connectivity index (χ2v) is 6.54. The highest BCUT2D eigenvalue weighted by Gasteiger charge is 2.08. The Hall–Kier alpha value is -0.790. The van der Waals surface area contributed by atoms with Gasteiger partial charge in [0.05, 0.1) is 5.69 Å². The zero-order chi connectivity index (χ0) is 16.5. The molecule has 6 heteroatoms. The van der Waals surface area contributed by atoms with E-state index in [9.17, 15) is 0 Å². The van der Waals surface area contributed by atoms with Crippen molar-refractivity contribution in [3.63, 3.8) is 0 Å². The first kappa shape index (κ1) is 22.2. The molecule has 0 aliphatic rings. The maximum Gasteiger partial charge on any atom is 0.188 e. The number of aliphatic imine (C=N–C) groups is 1. The van der Waals surface area contributed by atoms with E-state index in [-0.39, 0.29) is 24.0 Å². The predicted octanol–water partition coefficient (Wildman–Crippen LogP) is 3.96. The molecule has 1 heterocycles. The smallest absolute Gasteiger partial charge is 0.188 e. The van der Waals surface area contributed by atoms with Crippen molar-refractivity contribution >= 4 is 29.9 Å². The highest BCUT2D eigenvalue weighted by atomic mass is 127. The maximum atomic E-state index is 5.93. The summed E-state index contributed by atoms with van der Waals surface area (Å²) < 4.78 is 5.16. The van der Waals surface area contributed by atoms with Crippen LogP contribution in [0.2, 0.25) is 0 Å². The minimum Gasteiger partial charge on any atom is -0.370 e. The molecule has 0 saturated carbocycles. The summed E-state index contributed by atoms with van der Waals surface area (Å²) in [6, 6.07) is 0.380. The van der Waals surface area contributed by atoms with Crippen molar-refractivity contribution in [2.24, 2.45) is 16.6 Å². The van der Waals surface area contributed by atoms with E-state index < -0.39 is 0 Å². The van der Waals surface area contributed by atoms with Gasteiger partial charge >= 0.3 is 0 Å². The van der Waals surface area contributed by atoms with Crippen molar-refractivity contribution in [3.8, 4) is 0 Å². The van der Waals surface area contributed by atoms with Crippen LogP contribution in [0.15, 0.2) is 9.52 Å². The molecule has 0 bridgehead atoms. The fourth-order valence-electron chi connectivity index (χ4n) is 2.52. The minimum absolute atomic E-state index is 0. The molecule has 3 N–H and O–H groups in total. The summed E-state index contributed by atoms with van der Waals surface area (Å²) in [5, 5.41) is 7.23. The summed E-state index contributed by atoms with van der Waals surface area (Å²) in [6.07, 6.45) is 5.51. The van der Waals surface area contributed by atoms with Crippen LogP contribution in [0, 0.1) is 19.8 Å². The van der Waals surface area contributed by atoms with Crippen molar-refractivity contribution in [1.29, 1.82) is 0 Å². The number of hydrogen-bond donors (Lipinski definition) is 2. The number of aromatic nitrogens is 1. The van der Waals surface area contributed by atoms with Gasteiger partial charge in [0.15, 0.2) is 5.96 Å². The van der Waals surface area contributed by atoms with E-state index in [4.69, 9.17) is 10.3 Å². The SMILES string of the molecule is Cc1noc(C)c1CCCN=C(N)NC(C)CCCC(C)C.I. The first-order chi connectivity index (χ1) is 10.4. The van der Waals surface area contributed by atoms with Gasteiger partial charge in [-0.05, 0) is 46.0 Å². The van der Waals surface area contributed by atoms with Crippen LogP contribution in [0.25, 0.3) is 0 Å². The Bertz CT molecular complexity index is 452. The third-order valence-electron chi connectivity index (χ3n) is 3.86. The molecule has 23 heavy (non-hydrogen) atoms. The van der Waals surface area contributed by atoms with Gasteiger partial charge in [0, 0.05) is 18.2 Å². The average molecular weight is 436 g/mol. The van der Waals surface area contributed by atoms with Crippen molar-refractivity contribution in [2.75, 3.05) is 6.54 Å². The van der Waals surface area contributed by atoms with Gasteiger partial charge in [-0.2, -0.15) is 0 Å². The third-order valence-corrected chi connectivity index (χ3v) is 3.86. The van der Waals surface area contributed by atoms with E-state index >= 15 is 0 Å². The Morgan fingerprint density at radius 1 is 1.22 bits per heavy atom. The van der Waals surface area contributed by atoms with Crippen LogP contribution >= 0.6 is 24.0 Å². The van der Waals surface area contributed by atoms with E-state index in [1.807, 2.05) is 13.8 Å². The largest absolute Gasteiger partial charge is 0.370 e. The number of nitrogens with one attached hydrogen (secondary N) is 1. The van der Waals surface area contributed by atoms with Crippen LogP contribution in [0.3, 0.4) is 0 Å². The lowest BCUT2D eigenvalue weighted by Gasteiger charge is -2.15. The Kier molecular flexibility index (Phi) is 11.3. The monoisotopic (exact) mass is 436 g/mol. The molecule has 0 aliphatic heterocycles. The molecule has 0 saturated heterocycles. The Morgan fingerprint density at radius 2 is 1.91 bits per heavy atom. The Labute approximate surface area is 157 Å². The molecule has 0 spiro atoms. The highest BCUT2D eigenvalue weighted by molar-refractivity contribution is 14.0. The van der Waals surface area contributed by atoms with E-state index in [2.05, 4.69) is 36.2 Å². The lowest BCUT2D eigenvalue weighted by Crippen LogP contribution is -2.38. The third kappa shape index (κ3) is 9.17. The zero-order valence-electron chi connectivity index (χ0n) is 15.2. The minimum atomic E-state index is 0. The van der Waals surface area contributed by atoms with Gasteiger partial charge in [-0.1, -0.05) is 31.8 Å². The molecule has 134 valence electrons. The topological polar surface area (TPSA) is 76.4 Å². The number of nitrogens with two attached hydrogens (primary N) is 1. The summed E-state index contributed by atoms with van der Waals surface area (Å²) >= 11 is 0. The molecule has 1 atom stereocenters. The normalized spacial score (nSPS) is 13.0. The van der Waals surface area contributed by atoms with Crippen LogP contribution in [0.1, 0.15) is 63.5 Å². The van der Waals surface area contributed by atoms with Crippen LogP contribution in [0.5, 0.6) is 0 Å². The Balaban J connectivity index is 0.00000484. The fourth-order valence-corrected chi connectivity index (χ4v) is 2.52. The molecule has 1 rings (SSSR count). The molecule has 1 aromatic rings. The summed E-state index contributed by atoms with van der Waals surface area (Å²) in [5.41, 5.74) is 8.11. The van der Waals surface area contributed by atoms with Gasteiger partial charge in [-0.3, -0.25) is 4.99 Å². The van der Waals surface area contributed by atoms with Crippen LogP contribution < -0.4 is 11.1 Å². The van der Waals surface area contributed by atoms with Gasteiger partial charge in [0.1, 0.15) is 5.76 Å². The average Bonchev–Trinajstić information content (AvgIpc) is 2.74. The van der Waals surface area contributed by atoms with Crippen molar-refractivity contribution in [1.82, 2.24) is 10.5 Å². The summed E-state index contributed by atoms with van der Waals surface area (Å²) in [6.45, 7) is 11.3. The molecule has 0 amide bonds. The number of guanidine groups is 1. The number of aryl methyl sites for hydroxylation is 2. The van der Waals surface area contributed by atoms with Gasteiger partial charge in [-0.15, -0.1) is 24.0 Å². The van der Waals surface area contributed by atoms with Crippen molar-refractivity contribution in [2.45, 2.75) is 72.8 Å². The lowest BCUT2D eigenvalue weighted by molar-refractivity contribution is 0.392. The number of nitrogens with zero attached hydrogens (tertiary/aromatic N) is 2. The molecule has 0 fully saturated rings. The molecular formula is C17H33IN4O. The molecule has 0 radical (unpaired) electrons. The van der Waals surface area contributed by atoms with Crippen molar-refractivity contribution < 1.29 is 4.52 Å². The van der Waals surface area contributed by atoms with E-state index in [1.54, 1.807) is 0 Å². The van der Waals surface area contributed by atoms with Gasteiger partial charge in [0.25, 0.3) is 0 Å². The summed E-state index contributed by atoms with van der Waals surface area (Å²) in [7, 11) is 0. The van der Waals surface area contributed by atoms with E-state index in [0.29, 0.717) is 12.0 Å². The maximum absolute atomic E-state index is 5.93. The zero-order valence-corrected chi connectivity index (χ0v) is 17.5. The first-order valence-corrected chi connectivity index (χ1v) is 8.38. The second kappa shape index (κ2) is 11.7.